The molecule has 0 unspecified atom stereocenters. The van der Waals surface area contributed by atoms with Gasteiger partial charge >= 0.3 is 0 Å². The van der Waals surface area contributed by atoms with Crippen molar-refractivity contribution < 1.29 is 0 Å². The molecule has 84 heavy (non-hydrogen) atoms. The summed E-state index contributed by atoms with van der Waals surface area (Å²) in [5, 5.41) is 0. The zero-order chi connectivity index (χ0) is 55.5. The van der Waals surface area contributed by atoms with Gasteiger partial charge < -0.3 is 19.9 Å². The van der Waals surface area contributed by atoms with Gasteiger partial charge in [-0.1, -0.05) is 182 Å². The molecule has 16 rings (SSSR count). The number of aromatic nitrogens is 8. The lowest BCUT2D eigenvalue weighted by molar-refractivity contribution is 1.31. The highest BCUT2D eigenvalue weighted by atomic mass is 14.8. The highest BCUT2D eigenvalue weighted by Crippen LogP contribution is 2.45. The molecule has 0 fully saturated rings. The number of H-pyrrole nitrogens is 4. The number of nitrogens with zero attached hydrogens (tertiary/aromatic N) is 4. The van der Waals surface area contributed by atoms with Crippen molar-refractivity contribution in [2.45, 2.75) is 0 Å². The lowest BCUT2D eigenvalue weighted by Crippen LogP contribution is -1.91. The van der Waals surface area contributed by atoms with Crippen LogP contribution in [0.2, 0.25) is 0 Å². The van der Waals surface area contributed by atoms with Crippen LogP contribution in [-0.2, 0) is 0 Å². The Balaban J connectivity index is 1.13. The van der Waals surface area contributed by atoms with E-state index in [9.17, 15) is 0 Å². The number of benzene rings is 6. The van der Waals surface area contributed by atoms with Crippen molar-refractivity contribution in [3.8, 4) is 77.9 Å². The fraction of sp³-hybridized carbons (Fsp3) is 0. The van der Waals surface area contributed by atoms with Gasteiger partial charge in [-0.15, -0.1) is 0 Å². The SMILES string of the molecule is C1=Cc2nc1cc1ccc([nH]1)c(-c1ccccc1)c1nc(c(-c3cc4[nH]c3c(-c3ccccc3)c3nc(c(-c5ccccc5)c5ccc([nH]5)c(-c5ccccc5)c5nc(c4-c4ccccc4)C=C5)C=C3)c3ccc([nH]3)c2-c2ccccc2)C=C1. The third kappa shape index (κ3) is 8.56. The van der Waals surface area contributed by atoms with Crippen LogP contribution >= 0.6 is 0 Å². The number of nitrogens with one attached hydrogen (secondary N) is 4. The maximum Gasteiger partial charge on any atom is 0.0738 e. The van der Waals surface area contributed by atoms with Crippen LogP contribution in [0.15, 0.2) is 231 Å². The minimum absolute atomic E-state index is 0.785. The van der Waals surface area contributed by atoms with Crippen LogP contribution in [0.5, 0.6) is 0 Å². The molecule has 4 aliphatic heterocycles. The van der Waals surface area contributed by atoms with Crippen LogP contribution in [0, 0.1) is 0 Å². The Labute approximate surface area is 484 Å². The van der Waals surface area contributed by atoms with Gasteiger partial charge in [0.2, 0.25) is 0 Å². The van der Waals surface area contributed by atoms with Gasteiger partial charge in [0.05, 0.1) is 51.1 Å². The molecule has 4 N–H and O–H groups in total. The van der Waals surface area contributed by atoms with Crippen LogP contribution in [0.3, 0.4) is 0 Å². The molecule has 0 atom stereocenters. The summed E-state index contributed by atoms with van der Waals surface area (Å²) >= 11 is 0. The maximum absolute atomic E-state index is 5.75. The third-order valence-electron chi connectivity index (χ3n) is 16.1. The van der Waals surface area contributed by atoms with Crippen molar-refractivity contribution in [1.29, 1.82) is 0 Å². The Morgan fingerprint density at radius 1 is 0.214 bits per heavy atom. The fourth-order valence-corrected chi connectivity index (χ4v) is 12.4. The highest BCUT2D eigenvalue weighted by molar-refractivity contribution is 6.09. The molecule has 0 spiro atoms. The molecule has 0 saturated heterocycles. The van der Waals surface area contributed by atoms with E-state index in [1.807, 2.05) is 0 Å². The molecule has 0 aliphatic carbocycles. The number of hydrogen-bond donors (Lipinski definition) is 4. The minimum Gasteiger partial charge on any atom is -0.355 e. The molecule has 0 amide bonds. The van der Waals surface area contributed by atoms with Gasteiger partial charge in [-0.2, -0.15) is 0 Å². The van der Waals surface area contributed by atoms with E-state index in [1.165, 1.54) is 0 Å². The molecular weight excluding hydrogens is 1020 g/mol. The third-order valence-corrected chi connectivity index (χ3v) is 16.1. The van der Waals surface area contributed by atoms with Crippen molar-refractivity contribution in [2.24, 2.45) is 0 Å². The normalized spacial score (nSPS) is 12.3. The molecule has 10 heterocycles. The molecular formula is C76H50N8. The van der Waals surface area contributed by atoms with Gasteiger partial charge in [0.15, 0.2) is 0 Å². The summed E-state index contributed by atoms with van der Waals surface area (Å²) in [6, 6.07) is 80.8. The molecule has 12 aromatic rings. The van der Waals surface area contributed by atoms with Gasteiger partial charge in [-0.25, -0.2) is 19.9 Å². The van der Waals surface area contributed by atoms with Gasteiger partial charge in [-0.3, -0.25) is 0 Å². The smallest absolute Gasteiger partial charge is 0.0738 e. The summed E-state index contributed by atoms with van der Waals surface area (Å²) < 4.78 is 0. The molecule has 0 saturated carbocycles. The van der Waals surface area contributed by atoms with Gasteiger partial charge in [0.25, 0.3) is 0 Å². The van der Waals surface area contributed by atoms with Crippen LogP contribution < -0.4 is 0 Å². The van der Waals surface area contributed by atoms with Crippen LogP contribution in [0.1, 0.15) is 45.6 Å². The molecule has 394 valence electrons. The first kappa shape index (κ1) is 48.4. The second-order valence-corrected chi connectivity index (χ2v) is 21.2. The summed E-state index contributed by atoms with van der Waals surface area (Å²) in [5.41, 5.74) is 27.7. The van der Waals surface area contributed by atoms with Crippen molar-refractivity contribution >= 4 is 92.7 Å². The Morgan fingerprint density at radius 2 is 0.512 bits per heavy atom. The van der Waals surface area contributed by atoms with E-state index in [4.69, 9.17) is 19.9 Å². The highest BCUT2D eigenvalue weighted by Gasteiger charge is 2.25. The van der Waals surface area contributed by atoms with E-state index < -0.39 is 0 Å². The van der Waals surface area contributed by atoms with Crippen LogP contribution in [0.4, 0.5) is 0 Å². The summed E-state index contributed by atoms with van der Waals surface area (Å²) in [6.45, 7) is 0. The summed E-state index contributed by atoms with van der Waals surface area (Å²) in [6.07, 6.45) is 17.2. The first-order chi connectivity index (χ1) is 41.6. The summed E-state index contributed by atoms with van der Waals surface area (Å²) in [5.74, 6) is 0. The molecule has 0 radical (unpaired) electrons. The van der Waals surface area contributed by atoms with Gasteiger partial charge in [0.1, 0.15) is 0 Å². The molecule has 6 aromatic carbocycles. The predicted molar refractivity (Wildman–Crippen MR) is 349 cm³/mol. The maximum atomic E-state index is 5.75. The molecule has 6 aromatic heterocycles. The van der Waals surface area contributed by atoms with Crippen molar-refractivity contribution in [2.75, 3.05) is 0 Å². The monoisotopic (exact) mass is 1070 g/mol. The first-order valence-electron chi connectivity index (χ1n) is 28.3. The van der Waals surface area contributed by atoms with Crippen LogP contribution in [-0.4, -0.2) is 39.9 Å². The Hall–Kier alpha value is -11.5. The largest absolute Gasteiger partial charge is 0.355 e. The lowest BCUT2D eigenvalue weighted by atomic mass is 9.97. The molecule has 8 heteroatoms. The summed E-state index contributed by atoms with van der Waals surface area (Å²) in [7, 11) is 0. The van der Waals surface area contributed by atoms with E-state index in [0.717, 1.165) is 168 Å². The minimum atomic E-state index is 0.785. The Bertz CT molecular complexity index is 5050. The zero-order valence-corrected chi connectivity index (χ0v) is 45.3. The van der Waals surface area contributed by atoms with Gasteiger partial charge in [0, 0.05) is 83.1 Å². The Kier molecular flexibility index (Phi) is 11.7. The van der Waals surface area contributed by atoms with E-state index in [1.54, 1.807) is 0 Å². The molecule has 4 aliphatic rings. The van der Waals surface area contributed by atoms with Crippen molar-refractivity contribution in [3.05, 3.63) is 276 Å². The standard InChI is InChI=1S/C76H50N8/c1-7-19-47(20-8-1)69-56-33-31-53(77-56)45-54-32-34-57(78-54)70(48-21-9-2-10-22-48)59-41-44-67(83-59)75(66-43-40-58(69)82-66)55-46-68-73(51-27-15-5-16-28-51)64-38-37-62(80-64)71(49-23-11-3-12-24-49)60-35-36-61(79-60)72(50-25-13-4-14-26-50)63-39-42-65(81-63)74(76(55)84-68)52-29-17-6-18-30-52/h1-46,77,79,83-84H. The first-order valence-corrected chi connectivity index (χ1v) is 28.3. The fourth-order valence-electron chi connectivity index (χ4n) is 12.4. The van der Waals surface area contributed by atoms with Crippen molar-refractivity contribution in [3.63, 3.8) is 0 Å². The van der Waals surface area contributed by atoms with Gasteiger partial charge in [-0.05, 0) is 131 Å². The van der Waals surface area contributed by atoms with E-state index in [0.29, 0.717) is 0 Å². The lowest BCUT2D eigenvalue weighted by Gasteiger charge is -2.09. The van der Waals surface area contributed by atoms with Crippen LogP contribution in [0.25, 0.3) is 171 Å². The summed E-state index contributed by atoms with van der Waals surface area (Å²) in [4.78, 5) is 38.3. The van der Waals surface area contributed by atoms with E-state index in [2.05, 4.69) is 299 Å². The quantitative estimate of drug-likeness (QED) is 0.127. The number of hydrogen-bond acceptors (Lipinski definition) is 4. The number of fused-ring (bicyclic) bond motifs is 16. The average Bonchev–Trinajstić information content (AvgIpc) is 2.30. The Morgan fingerprint density at radius 3 is 0.917 bits per heavy atom. The number of rotatable bonds is 7. The van der Waals surface area contributed by atoms with Crippen molar-refractivity contribution in [1.82, 2.24) is 39.9 Å². The zero-order valence-electron chi connectivity index (χ0n) is 45.3. The second-order valence-electron chi connectivity index (χ2n) is 21.2. The second kappa shape index (κ2) is 20.3. The van der Waals surface area contributed by atoms with E-state index >= 15 is 0 Å². The molecule has 16 bridgehead atoms. The van der Waals surface area contributed by atoms with E-state index in [-0.39, 0.29) is 0 Å². The predicted octanol–water partition coefficient (Wildman–Crippen LogP) is 19.3. The topological polar surface area (TPSA) is 115 Å². The average molecular weight is 1080 g/mol. The number of aromatic amines is 4. The molecule has 8 nitrogen and oxygen atoms in total.